The summed E-state index contributed by atoms with van der Waals surface area (Å²) in [6.45, 7) is 14.3. The minimum Gasteiger partial charge on any atom is -0.334 e. The number of nitrogens with zero attached hydrogens (tertiary/aromatic N) is 4. The van der Waals surface area contributed by atoms with Gasteiger partial charge in [0.2, 0.25) is 0 Å². The van der Waals surface area contributed by atoms with E-state index < -0.39 is 0 Å². The quantitative estimate of drug-likeness (QED) is 0.834. The second kappa shape index (κ2) is 7.35. The molecule has 3 heterocycles. The maximum absolute atomic E-state index is 4.43. The Morgan fingerprint density at radius 3 is 2.35 bits per heavy atom. The van der Waals surface area contributed by atoms with E-state index in [4.69, 9.17) is 0 Å². The summed E-state index contributed by atoms with van der Waals surface area (Å²) in [7, 11) is 2.13. The number of aromatic nitrogens is 2. The molecule has 1 atom stereocenters. The molecule has 1 aromatic rings. The highest BCUT2D eigenvalue weighted by Gasteiger charge is 2.32. The van der Waals surface area contributed by atoms with Crippen molar-refractivity contribution in [1.82, 2.24) is 19.4 Å². The largest absolute Gasteiger partial charge is 0.334 e. The summed E-state index contributed by atoms with van der Waals surface area (Å²) in [6.07, 6.45) is 6.27. The Kier molecular flexibility index (Phi) is 5.42. The summed E-state index contributed by atoms with van der Waals surface area (Å²) in [5.41, 5.74) is 1.36. The fraction of sp³-hybridized carbons (Fsp3) is 0.842. The van der Waals surface area contributed by atoms with Gasteiger partial charge in [0.25, 0.3) is 0 Å². The highest BCUT2D eigenvalue weighted by atomic mass is 15.2. The molecule has 0 radical (unpaired) electrons. The molecule has 2 aliphatic rings. The van der Waals surface area contributed by atoms with Crippen molar-refractivity contribution in [3.63, 3.8) is 0 Å². The first-order valence-corrected chi connectivity index (χ1v) is 9.45. The van der Waals surface area contributed by atoms with Crippen LogP contribution in [0, 0.1) is 24.7 Å². The molecular formula is C19H34N4. The van der Waals surface area contributed by atoms with Crippen LogP contribution in [0.1, 0.15) is 44.6 Å². The maximum Gasteiger partial charge on any atom is 0.105 e. The van der Waals surface area contributed by atoms with Gasteiger partial charge in [0.05, 0.1) is 5.69 Å². The molecule has 130 valence electrons. The molecule has 4 nitrogen and oxygen atoms in total. The van der Waals surface area contributed by atoms with Crippen molar-refractivity contribution in [3.8, 4) is 0 Å². The van der Waals surface area contributed by atoms with Crippen LogP contribution in [-0.2, 0) is 13.6 Å². The smallest absolute Gasteiger partial charge is 0.105 e. The predicted molar refractivity (Wildman–Crippen MR) is 95.3 cm³/mol. The van der Waals surface area contributed by atoms with Gasteiger partial charge in [-0.3, -0.25) is 4.90 Å². The minimum absolute atomic E-state index is 0.802. The molecule has 0 N–H and O–H groups in total. The summed E-state index contributed by atoms with van der Waals surface area (Å²) in [5, 5.41) is 0. The average Bonchev–Trinajstić information content (AvgIpc) is 3.10. The number of aryl methyl sites for hydroxylation is 1. The van der Waals surface area contributed by atoms with E-state index in [2.05, 4.69) is 47.2 Å². The summed E-state index contributed by atoms with van der Waals surface area (Å²) < 4.78 is 2.23. The van der Waals surface area contributed by atoms with E-state index in [-0.39, 0.29) is 0 Å². The van der Waals surface area contributed by atoms with Crippen LogP contribution in [0.25, 0.3) is 0 Å². The van der Waals surface area contributed by atoms with Crippen molar-refractivity contribution >= 4 is 0 Å². The normalized spacial score (nSPS) is 24.8. The lowest BCUT2D eigenvalue weighted by molar-refractivity contribution is 0.135. The van der Waals surface area contributed by atoms with Gasteiger partial charge in [-0.05, 0) is 63.6 Å². The first-order chi connectivity index (χ1) is 11.0. The predicted octanol–water partition coefficient (Wildman–Crippen LogP) is 2.92. The highest BCUT2D eigenvalue weighted by molar-refractivity contribution is 5.04. The fourth-order valence-electron chi connectivity index (χ4n) is 4.44. The Morgan fingerprint density at radius 1 is 1.09 bits per heavy atom. The molecule has 23 heavy (non-hydrogen) atoms. The van der Waals surface area contributed by atoms with Crippen LogP contribution in [0.3, 0.4) is 0 Å². The van der Waals surface area contributed by atoms with Crippen LogP contribution in [-0.4, -0.2) is 52.1 Å². The minimum atomic E-state index is 0.802. The van der Waals surface area contributed by atoms with E-state index >= 15 is 0 Å². The lowest BCUT2D eigenvalue weighted by Crippen LogP contribution is -2.38. The standard InChI is InChI=1S/C19H34N4/c1-15(2)12-22-8-5-17(6-9-22)18-7-10-23(13-18)14-19-11-20-16(3)21(19)4/h11,15,17-18H,5-10,12-14H2,1-4H3/t18-/m0/s1. The molecule has 4 heteroatoms. The lowest BCUT2D eigenvalue weighted by Gasteiger charge is -2.35. The van der Waals surface area contributed by atoms with Gasteiger partial charge in [-0.2, -0.15) is 0 Å². The summed E-state index contributed by atoms with van der Waals surface area (Å²) in [5.74, 6) is 3.80. The molecule has 0 bridgehead atoms. The van der Waals surface area contributed by atoms with E-state index in [1.54, 1.807) is 0 Å². The molecule has 0 saturated carbocycles. The maximum atomic E-state index is 4.43. The monoisotopic (exact) mass is 318 g/mol. The van der Waals surface area contributed by atoms with Crippen molar-refractivity contribution in [3.05, 3.63) is 17.7 Å². The third-order valence-corrected chi connectivity index (χ3v) is 5.93. The van der Waals surface area contributed by atoms with Gasteiger partial charge in [0.1, 0.15) is 5.82 Å². The first kappa shape index (κ1) is 17.0. The van der Waals surface area contributed by atoms with Crippen molar-refractivity contribution in [1.29, 1.82) is 0 Å². The van der Waals surface area contributed by atoms with Crippen molar-refractivity contribution in [2.75, 3.05) is 32.7 Å². The molecule has 2 aliphatic heterocycles. The molecular weight excluding hydrogens is 284 g/mol. The third kappa shape index (κ3) is 4.16. The number of rotatable bonds is 5. The zero-order valence-electron chi connectivity index (χ0n) is 15.5. The Hall–Kier alpha value is -0.870. The van der Waals surface area contributed by atoms with Gasteiger partial charge < -0.3 is 9.47 Å². The highest BCUT2D eigenvalue weighted by Crippen LogP contribution is 2.32. The zero-order chi connectivity index (χ0) is 16.4. The van der Waals surface area contributed by atoms with Crippen LogP contribution < -0.4 is 0 Å². The second-order valence-electron chi connectivity index (χ2n) is 8.17. The molecule has 0 spiro atoms. The van der Waals surface area contributed by atoms with Gasteiger partial charge >= 0.3 is 0 Å². The van der Waals surface area contributed by atoms with E-state index in [9.17, 15) is 0 Å². The van der Waals surface area contributed by atoms with Gasteiger partial charge in [-0.15, -0.1) is 0 Å². The summed E-state index contributed by atoms with van der Waals surface area (Å²) in [6, 6.07) is 0. The molecule has 0 unspecified atom stereocenters. The van der Waals surface area contributed by atoms with E-state index in [0.29, 0.717) is 0 Å². The lowest BCUT2D eigenvalue weighted by atomic mass is 9.83. The average molecular weight is 319 g/mol. The topological polar surface area (TPSA) is 24.3 Å². The van der Waals surface area contributed by atoms with Crippen LogP contribution >= 0.6 is 0 Å². The zero-order valence-corrected chi connectivity index (χ0v) is 15.5. The third-order valence-electron chi connectivity index (χ3n) is 5.93. The van der Waals surface area contributed by atoms with Gasteiger partial charge in [0, 0.05) is 32.9 Å². The van der Waals surface area contributed by atoms with Crippen LogP contribution in [0.2, 0.25) is 0 Å². The Balaban J connectivity index is 1.46. The summed E-state index contributed by atoms with van der Waals surface area (Å²) in [4.78, 5) is 9.74. The number of hydrogen-bond donors (Lipinski definition) is 0. The molecule has 3 rings (SSSR count). The Labute approximate surface area is 141 Å². The van der Waals surface area contributed by atoms with Crippen molar-refractivity contribution in [2.24, 2.45) is 24.8 Å². The Bertz CT molecular complexity index is 499. The van der Waals surface area contributed by atoms with Gasteiger partial charge in [-0.1, -0.05) is 13.8 Å². The number of likely N-dealkylation sites (tertiary alicyclic amines) is 2. The molecule has 1 aromatic heterocycles. The fourth-order valence-corrected chi connectivity index (χ4v) is 4.44. The summed E-state index contributed by atoms with van der Waals surface area (Å²) >= 11 is 0. The van der Waals surface area contributed by atoms with Crippen LogP contribution in [0.5, 0.6) is 0 Å². The Morgan fingerprint density at radius 2 is 1.74 bits per heavy atom. The SMILES string of the molecule is Cc1ncc(CN2CC[C@H](C3CCN(CC(C)C)CC3)C2)n1C. The van der Waals surface area contributed by atoms with Crippen LogP contribution in [0.4, 0.5) is 0 Å². The first-order valence-electron chi connectivity index (χ1n) is 9.45. The van der Waals surface area contributed by atoms with E-state index in [0.717, 1.165) is 30.1 Å². The van der Waals surface area contributed by atoms with Crippen LogP contribution in [0.15, 0.2) is 6.20 Å². The van der Waals surface area contributed by atoms with Gasteiger partial charge in [0.15, 0.2) is 0 Å². The molecule has 0 aromatic carbocycles. The molecule has 0 aliphatic carbocycles. The number of imidazole rings is 1. The second-order valence-corrected chi connectivity index (χ2v) is 8.17. The number of piperidine rings is 1. The molecule has 2 fully saturated rings. The van der Waals surface area contributed by atoms with E-state index in [1.165, 1.54) is 57.7 Å². The van der Waals surface area contributed by atoms with Crippen molar-refractivity contribution < 1.29 is 0 Å². The molecule has 0 amide bonds. The molecule has 2 saturated heterocycles. The van der Waals surface area contributed by atoms with E-state index in [1.807, 2.05) is 6.20 Å². The van der Waals surface area contributed by atoms with Crippen molar-refractivity contribution in [2.45, 2.75) is 46.6 Å². The number of hydrogen-bond acceptors (Lipinski definition) is 3. The van der Waals surface area contributed by atoms with Gasteiger partial charge in [-0.25, -0.2) is 4.98 Å².